The Kier molecular flexibility index (Phi) is 4.54. The molecule has 2 saturated heterocycles. The minimum absolute atomic E-state index is 0.121. The lowest BCUT2D eigenvalue weighted by Crippen LogP contribution is -2.42. The van der Waals surface area contributed by atoms with Crippen LogP contribution in [0.2, 0.25) is 0 Å². The smallest absolute Gasteiger partial charge is 0.272 e. The standard InChI is InChI=1S/C17H24N6O2/c24-10-12-2-1-9-23(12)14-4-3-13-15(21-22-16(13)20-14)17(25)19-11-5-7-18-8-6-11/h3-4,11-12,18,24H,1-2,5-10H2,(H,19,25)(H,20,21,22)/t12-/m1/s1. The van der Waals surface area contributed by atoms with Crippen LogP contribution < -0.4 is 15.5 Å². The second-order valence-corrected chi connectivity index (χ2v) is 6.81. The van der Waals surface area contributed by atoms with Gasteiger partial charge in [-0.2, -0.15) is 5.10 Å². The Bertz CT molecular complexity index is 755. The van der Waals surface area contributed by atoms with Crippen LogP contribution in [0, 0.1) is 0 Å². The summed E-state index contributed by atoms with van der Waals surface area (Å²) in [6.07, 6.45) is 3.91. The average Bonchev–Trinajstić information content (AvgIpc) is 3.28. The first-order chi connectivity index (χ1) is 12.3. The van der Waals surface area contributed by atoms with Crippen LogP contribution in [-0.2, 0) is 0 Å². The number of piperidine rings is 1. The number of rotatable bonds is 4. The van der Waals surface area contributed by atoms with Gasteiger partial charge in [-0.1, -0.05) is 0 Å². The lowest BCUT2D eigenvalue weighted by atomic mass is 10.1. The molecule has 2 aromatic heterocycles. The number of hydrogen-bond donors (Lipinski definition) is 4. The molecule has 134 valence electrons. The molecular formula is C17H24N6O2. The molecule has 25 heavy (non-hydrogen) atoms. The Labute approximate surface area is 146 Å². The normalized spacial score (nSPS) is 21.8. The SMILES string of the molecule is O=C(NC1CCNCC1)c1n[nH]c2nc(N3CCC[C@@H]3CO)ccc12. The molecule has 8 nitrogen and oxygen atoms in total. The van der Waals surface area contributed by atoms with Crippen LogP contribution in [-0.4, -0.2) is 64.5 Å². The first-order valence-corrected chi connectivity index (χ1v) is 9.00. The third-order valence-electron chi connectivity index (χ3n) is 5.18. The predicted octanol–water partition coefficient (Wildman–Crippen LogP) is 0.401. The monoisotopic (exact) mass is 344 g/mol. The number of H-pyrrole nitrogens is 1. The van der Waals surface area contributed by atoms with E-state index in [4.69, 9.17) is 0 Å². The Morgan fingerprint density at radius 2 is 2.16 bits per heavy atom. The van der Waals surface area contributed by atoms with Crippen molar-refractivity contribution in [2.75, 3.05) is 31.1 Å². The van der Waals surface area contributed by atoms with Gasteiger partial charge in [-0.15, -0.1) is 0 Å². The molecule has 0 unspecified atom stereocenters. The molecule has 2 aromatic rings. The number of carbonyl (C=O) groups excluding carboxylic acids is 1. The number of aromatic nitrogens is 3. The van der Waals surface area contributed by atoms with Crippen molar-refractivity contribution >= 4 is 22.8 Å². The summed E-state index contributed by atoms with van der Waals surface area (Å²) in [5.74, 6) is 0.667. The van der Waals surface area contributed by atoms with Gasteiger partial charge in [0.05, 0.1) is 18.0 Å². The van der Waals surface area contributed by atoms with E-state index in [1.165, 1.54) is 0 Å². The summed E-state index contributed by atoms with van der Waals surface area (Å²) in [5, 5.41) is 23.6. The first kappa shape index (κ1) is 16.3. The van der Waals surface area contributed by atoms with Gasteiger partial charge in [-0.3, -0.25) is 9.89 Å². The highest BCUT2D eigenvalue weighted by Gasteiger charge is 2.26. The van der Waals surface area contributed by atoms with Crippen LogP contribution in [0.3, 0.4) is 0 Å². The molecule has 2 aliphatic rings. The van der Waals surface area contributed by atoms with Crippen molar-refractivity contribution in [3.63, 3.8) is 0 Å². The minimum Gasteiger partial charge on any atom is -0.394 e. The Hall–Kier alpha value is -2.19. The lowest BCUT2D eigenvalue weighted by Gasteiger charge is -2.24. The van der Waals surface area contributed by atoms with Crippen LogP contribution in [0.25, 0.3) is 11.0 Å². The molecule has 0 bridgehead atoms. The minimum atomic E-state index is -0.151. The van der Waals surface area contributed by atoms with Gasteiger partial charge in [0.15, 0.2) is 11.3 Å². The molecule has 1 amide bonds. The molecule has 8 heteroatoms. The third-order valence-corrected chi connectivity index (χ3v) is 5.18. The van der Waals surface area contributed by atoms with Crippen molar-refractivity contribution < 1.29 is 9.90 Å². The van der Waals surface area contributed by atoms with E-state index in [2.05, 4.69) is 30.7 Å². The van der Waals surface area contributed by atoms with E-state index in [0.29, 0.717) is 11.3 Å². The number of aliphatic hydroxyl groups excluding tert-OH is 1. The summed E-state index contributed by atoms with van der Waals surface area (Å²) in [7, 11) is 0. The summed E-state index contributed by atoms with van der Waals surface area (Å²) in [4.78, 5) is 19.3. The summed E-state index contributed by atoms with van der Waals surface area (Å²) in [5.41, 5.74) is 1.00. The number of hydrogen-bond acceptors (Lipinski definition) is 6. The van der Waals surface area contributed by atoms with Crippen LogP contribution in [0.1, 0.15) is 36.2 Å². The third kappa shape index (κ3) is 3.19. The van der Waals surface area contributed by atoms with E-state index < -0.39 is 0 Å². The van der Waals surface area contributed by atoms with Crippen LogP contribution in [0.4, 0.5) is 5.82 Å². The number of carbonyl (C=O) groups is 1. The van der Waals surface area contributed by atoms with Gasteiger partial charge in [-0.25, -0.2) is 4.98 Å². The molecule has 1 atom stereocenters. The van der Waals surface area contributed by atoms with E-state index in [1.54, 1.807) is 0 Å². The van der Waals surface area contributed by atoms with Crippen molar-refractivity contribution in [2.45, 2.75) is 37.8 Å². The zero-order chi connectivity index (χ0) is 17.2. The Balaban J connectivity index is 1.54. The zero-order valence-corrected chi connectivity index (χ0v) is 14.2. The predicted molar refractivity (Wildman–Crippen MR) is 94.7 cm³/mol. The van der Waals surface area contributed by atoms with Crippen molar-refractivity contribution in [3.05, 3.63) is 17.8 Å². The van der Waals surface area contributed by atoms with Crippen molar-refractivity contribution in [3.8, 4) is 0 Å². The van der Waals surface area contributed by atoms with Crippen molar-refractivity contribution in [2.24, 2.45) is 0 Å². The highest BCUT2D eigenvalue weighted by Crippen LogP contribution is 2.26. The molecule has 2 aliphatic heterocycles. The maximum absolute atomic E-state index is 12.5. The number of aromatic amines is 1. The van der Waals surface area contributed by atoms with Gasteiger partial charge < -0.3 is 20.6 Å². The van der Waals surface area contributed by atoms with E-state index in [0.717, 1.165) is 56.5 Å². The first-order valence-electron chi connectivity index (χ1n) is 9.00. The number of fused-ring (bicyclic) bond motifs is 1. The number of pyridine rings is 1. The topological polar surface area (TPSA) is 106 Å². The maximum Gasteiger partial charge on any atom is 0.272 e. The van der Waals surface area contributed by atoms with Crippen LogP contribution >= 0.6 is 0 Å². The molecule has 0 saturated carbocycles. The summed E-state index contributed by atoms with van der Waals surface area (Å²) >= 11 is 0. The fourth-order valence-electron chi connectivity index (χ4n) is 3.77. The molecule has 0 aromatic carbocycles. The van der Waals surface area contributed by atoms with Crippen LogP contribution in [0.5, 0.6) is 0 Å². The lowest BCUT2D eigenvalue weighted by molar-refractivity contribution is 0.0926. The number of nitrogens with zero attached hydrogens (tertiary/aromatic N) is 3. The Morgan fingerprint density at radius 3 is 2.96 bits per heavy atom. The Morgan fingerprint density at radius 1 is 1.32 bits per heavy atom. The van der Waals surface area contributed by atoms with E-state index in [1.807, 2.05) is 12.1 Å². The molecule has 4 rings (SSSR count). The average molecular weight is 344 g/mol. The van der Waals surface area contributed by atoms with Crippen molar-refractivity contribution in [1.29, 1.82) is 0 Å². The number of nitrogens with one attached hydrogen (secondary N) is 3. The van der Waals surface area contributed by atoms with Crippen molar-refractivity contribution in [1.82, 2.24) is 25.8 Å². The van der Waals surface area contributed by atoms with E-state index >= 15 is 0 Å². The van der Waals surface area contributed by atoms with Gasteiger partial charge in [0, 0.05) is 12.6 Å². The largest absolute Gasteiger partial charge is 0.394 e. The van der Waals surface area contributed by atoms with Gasteiger partial charge >= 0.3 is 0 Å². The zero-order valence-electron chi connectivity index (χ0n) is 14.2. The summed E-state index contributed by atoms with van der Waals surface area (Å²) in [6, 6.07) is 4.12. The quantitative estimate of drug-likeness (QED) is 0.640. The molecule has 0 aliphatic carbocycles. The fraction of sp³-hybridized carbons (Fsp3) is 0.588. The molecule has 4 heterocycles. The highest BCUT2D eigenvalue weighted by atomic mass is 16.3. The molecule has 4 N–H and O–H groups in total. The number of aliphatic hydroxyl groups is 1. The summed E-state index contributed by atoms with van der Waals surface area (Å²) in [6.45, 7) is 2.88. The number of amides is 1. The highest BCUT2D eigenvalue weighted by molar-refractivity contribution is 6.04. The second kappa shape index (κ2) is 6.97. The van der Waals surface area contributed by atoms with Gasteiger partial charge in [-0.05, 0) is 50.9 Å². The maximum atomic E-state index is 12.5. The summed E-state index contributed by atoms with van der Waals surface area (Å²) < 4.78 is 0. The molecule has 0 spiro atoms. The van der Waals surface area contributed by atoms with Crippen LogP contribution in [0.15, 0.2) is 12.1 Å². The van der Waals surface area contributed by atoms with E-state index in [-0.39, 0.29) is 24.6 Å². The second-order valence-electron chi connectivity index (χ2n) is 6.81. The van der Waals surface area contributed by atoms with Gasteiger partial charge in [0.25, 0.3) is 5.91 Å². The molecule has 0 radical (unpaired) electrons. The fourth-order valence-corrected chi connectivity index (χ4v) is 3.77. The molecular weight excluding hydrogens is 320 g/mol. The van der Waals surface area contributed by atoms with Gasteiger partial charge in [0.2, 0.25) is 0 Å². The van der Waals surface area contributed by atoms with E-state index in [9.17, 15) is 9.90 Å². The molecule has 2 fully saturated rings. The number of anilines is 1. The van der Waals surface area contributed by atoms with Gasteiger partial charge in [0.1, 0.15) is 5.82 Å².